The lowest BCUT2D eigenvalue weighted by atomic mass is 9.82. The van der Waals surface area contributed by atoms with Crippen molar-refractivity contribution in [3.05, 3.63) is 75.4 Å². The minimum absolute atomic E-state index is 0.0147. The van der Waals surface area contributed by atoms with E-state index in [9.17, 15) is 9.18 Å². The van der Waals surface area contributed by atoms with E-state index in [1.807, 2.05) is 18.2 Å². The number of hydrogen-bond acceptors (Lipinski definition) is 4. The van der Waals surface area contributed by atoms with Crippen LogP contribution in [0.15, 0.2) is 42.5 Å². The van der Waals surface area contributed by atoms with Gasteiger partial charge in [-0.15, -0.1) is 11.3 Å². The van der Waals surface area contributed by atoms with Gasteiger partial charge in [0.25, 0.3) is 0 Å². The molecule has 1 amide bonds. The van der Waals surface area contributed by atoms with E-state index in [0.717, 1.165) is 29.0 Å². The second-order valence-corrected chi connectivity index (χ2v) is 9.19. The van der Waals surface area contributed by atoms with Crippen molar-refractivity contribution in [3.8, 4) is 11.5 Å². The lowest BCUT2D eigenvalue weighted by molar-refractivity contribution is -0.116. The summed E-state index contributed by atoms with van der Waals surface area (Å²) in [4.78, 5) is 13.9. The lowest BCUT2D eigenvalue weighted by Gasteiger charge is -2.26. The van der Waals surface area contributed by atoms with Crippen molar-refractivity contribution >= 4 is 22.2 Å². The number of methoxy groups -OCH3 is 1. The molecule has 1 aromatic heterocycles. The number of fused-ring (bicyclic) bond motifs is 3. The summed E-state index contributed by atoms with van der Waals surface area (Å²) < 4.78 is 24.7. The number of anilines is 1. The van der Waals surface area contributed by atoms with Crippen molar-refractivity contribution < 1.29 is 18.7 Å². The topological polar surface area (TPSA) is 47.6 Å². The Morgan fingerprint density at radius 3 is 2.71 bits per heavy atom. The molecule has 4 nitrogen and oxygen atoms in total. The van der Waals surface area contributed by atoms with Gasteiger partial charge in [0.1, 0.15) is 12.4 Å². The van der Waals surface area contributed by atoms with Gasteiger partial charge in [0.05, 0.1) is 12.1 Å². The molecule has 160 valence electrons. The molecule has 0 spiro atoms. The lowest BCUT2D eigenvalue weighted by Crippen LogP contribution is -2.23. The fourth-order valence-corrected chi connectivity index (χ4v) is 5.93. The number of carbonyl (C=O) groups is 1. The quantitative estimate of drug-likeness (QED) is 0.546. The predicted molar refractivity (Wildman–Crippen MR) is 120 cm³/mol. The molecule has 1 aliphatic carbocycles. The number of aryl methyl sites for hydroxylation is 1. The van der Waals surface area contributed by atoms with Crippen molar-refractivity contribution in [1.29, 1.82) is 0 Å². The number of carbonyl (C=O) groups excluding carboxylic acids is 1. The average Bonchev–Trinajstić information content (AvgIpc) is 3.16. The van der Waals surface area contributed by atoms with E-state index in [4.69, 9.17) is 9.47 Å². The Morgan fingerprint density at radius 1 is 1.10 bits per heavy atom. The van der Waals surface area contributed by atoms with E-state index in [1.54, 1.807) is 30.6 Å². The van der Waals surface area contributed by atoms with Gasteiger partial charge in [-0.05, 0) is 72.2 Å². The monoisotopic (exact) mass is 437 g/mol. The minimum atomic E-state index is -0.270. The molecule has 0 unspecified atom stereocenters. The number of nitrogens with one attached hydrogen (secondary N) is 1. The van der Waals surface area contributed by atoms with Gasteiger partial charge < -0.3 is 14.8 Å². The smallest absolute Gasteiger partial charge is 0.225 e. The Balaban J connectivity index is 1.48. The molecule has 0 fully saturated rings. The van der Waals surface area contributed by atoms with Crippen LogP contribution in [0.3, 0.4) is 0 Å². The van der Waals surface area contributed by atoms with Crippen molar-refractivity contribution in [2.75, 3.05) is 12.4 Å². The van der Waals surface area contributed by atoms with Gasteiger partial charge in [0, 0.05) is 17.2 Å². The zero-order valence-corrected chi connectivity index (χ0v) is 18.2. The van der Waals surface area contributed by atoms with Crippen LogP contribution < -0.4 is 14.8 Å². The fraction of sp³-hybridized carbons (Fsp3) is 0.320. The number of amides is 1. The zero-order chi connectivity index (χ0) is 21.4. The van der Waals surface area contributed by atoms with Gasteiger partial charge in [-0.3, -0.25) is 4.79 Å². The molecule has 1 N–H and O–H groups in total. The normalized spacial score (nSPS) is 17.5. The van der Waals surface area contributed by atoms with Crippen LogP contribution in [0.4, 0.5) is 9.39 Å². The first kappa shape index (κ1) is 20.1. The van der Waals surface area contributed by atoms with Gasteiger partial charge in [0.2, 0.25) is 5.91 Å². The molecule has 5 rings (SSSR count). The van der Waals surface area contributed by atoms with Gasteiger partial charge in [0.15, 0.2) is 11.5 Å². The first-order valence-corrected chi connectivity index (χ1v) is 11.4. The van der Waals surface area contributed by atoms with Crippen LogP contribution in [0.5, 0.6) is 11.5 Å². The second-order valence-electron chi connectivity index (χ2n) is 8.08. The van der Waals surface area contributed by atoms with Crippen LogP contribution >= 0.6 is 11.3 Å². The van der Waals surface area contributed by atoms with Gasteiger partial charge >= 0.3 is 0 Å². The van der Waals surface area contributed by atoms with Crippen LogP contribution in [0, 0.1) is 5.82 Å². The predicted octanol–water partition coefficient (Wildman–Crippen LogP) is 5.83. The van der Waals surface area contributed by atoms with Crippen molar-refractivity contribution in [1.82, 2.24) is 0 Å². The summed E-state index contributed by atoms with van der Waals surface area (Å²) in [5, 5.41) is 4.11. The molecule has 3 aromatic rings. The zero-order valence-electron chi connectivity index (χ0n) is 17.4. The number of rotatable bonds is 5. The molecule has 1 atom stereocenters. The maximum atomic E-state index is 13.2. The third kappa shape index (κ3) is 3.92. The maximum Gasteiger partial charge on any atom is 0.225 e. The SMILES string of the molecule is COc1ccc([C@@H]2CC(=O)Nc3sc4c(c32)CCCC4)cc1OCc1ccc(F)cc1. The number of ether oxygens (including phenoxy) is 2. The highest BCUT2D eigenvalue weighted by Gasteiger charge is 2.33. The third-order valence-electron chi connectivity index (χ3n) is 6.10. The fourth-order valence-electron chi connectivity index (χ4n) is 4.57. The Labute approximate surface area is 185 Å². The van der Waals surface area contributed by atoms with E-state index in [0.29, 0.717) is 24.5 Å². The Morgan fingerprint density at radius 2 is 1.90 bits per heavy atom. The Bertz CT molecular complexity index is 1120. The molecule has 6 heteroatoms. The summed E-state index contributed by atoms with van der Waals surface area (Å²) in [6, 6.07) is 12.2. The molecule has 1 aliphatic heterocycles. The maximum absolute atomic E-state index is 13.2. The molecule has 0 bridgehead atoms. The summed E-state index contributed by atoms with van der Waals surface area (Å²) in [6.07, 6.45) is 5.03. The molecule has 0 saturated heterocycles. The highest BCUT2D eigenvalue weighted by molar-refractivity contribution is 7.16. The molecule has 0 saturated carbocycles. The van der Waals surface area contributed by atoms with Gasteiger partial charge in [-0.25, -0.2) is 4.39 Å². The van der Waals surface area contributed by atoms with Crippen LogP contribution in [-0.4, -0.2) is 13.0 Å². The van der Waals surface area contributed by atoms with Crippen molar-refractivity contribution in [3.63, 3.8) is 0 Å². The summed E-state index contributed by atoms with van der Waals surface area (Å²) in [5.74, 6) is 1.06. The van der Waals surface area contributed by atoms with Crippen molar-refractivity contribution in [2.24, 2.45) is 0 Å². The summed E-state index contributed by atoms with van der Waals surface area (Å²) in [7, 11) is 1.61. The molecular weight excluding hydrogens is 413 g/mol. The molecule has 2 heterocycles. The van der Waals surface area contributed by atoms with Gasteiger partial charge in [-0.1, -0.05) is 18.2 Å². The third-order valence-corrected chi connectivity index (χ3v) is 7.32. The molecule has 0 radical (unpaired) electrons. The Hall–Kier alpha value is -2.86. The van der Waals surface area contributed by atoms with E-state index >= 15 is 0 Å². The van der Waals surface area contributed by atoms with Crippen LogP contribution in [0.25, 0.3) is 0 Å². The first-order chi connectivity index (χ1) is 15.1. The number of halogens is 1. The number of thiophene rings is 1. The van der Waals surface area contributed by atoms with Crippen LogP contribution in [-0.2, 0) is 24.2 Å². The number of hydrogen-bond donors (Lipinski definition) is 1. The largest absolute Gasteiger partial charge is 0.493 e. The highest BCUT2D eigenvalue weighted by Crippen LogP contribution is 2.48. The molecule has 2 aliphatic rings. The van der Waals surface area contributed by atoms with Gasteiger partial charge in [-0.2, -0.15) is 0 Å². The summed E-state index contributed by atoms with van der Waals surface area (Å²) in [6.45, 7) is 0.310. The van der Waals surface area contributed by atoms with E-state index in [-0.39, 0.29) is 17.6 Å². The molecular formula is C25H24FNO3S. The molecule has 2 aromatic carbocycles. The average molecular weight is 438 g/mol. The van der Waals surface area contributed by atoms with E-state index in [1.165, 1.54) is 41.0 Å². The molecule has 31 heavy (non-hydrogen) atoms. The highest BCUT2D eigenvalue weighted by atomic mass is 32.1. The summed E-state index contributed by atoms with van der Waals surface area (Å²) in [5.41, 5.74) is 4.65. The number of benzene rings is 2. The van der Waals surface area contributed by atoms with Crippen LogP contribution in [0.1, 0.15) is 52.3 Å². The van der Waals surface area contributed by atoms with Crippen molar-refractivity contribution in [2.45, 2.75) is 44.6 Å². The summed E-state index contributed by atoms with van der Waals surface area (Å²) >= 11 is 1.74. The first-order valence-electron chi connectivity index (χ1n) is 10.6. The standard InChI is InChI=1S/C25H24FNO3S/c1-29-20-11-8-16(12-21(20)30-14-15-6-9-17(26)10-7-15)19-13-23(28)27-25-24(19)18-4-2-3-5-22(18)31-25/h6-12,19H,2-5,13-14H2,1H3,(H,27,28)/t19-/m0/s1. The second kappa shape index (κ2) is 8.35. The Kier molecular flexibility index (Phi) is 5.40. The van der Waals surface area contributed by atoms with Crippen LogP contribution in [0.2, 0.25) is 0 Å². The van der Waals surface area contributed by atoms with E-state index in [2.05, 4.69) is 5.32 Å². The minimum Gasteiger partial charge on any atom is -0.493 e. The van der Waals surface area contributed by atoms with E-state index < -0.39 is 0 Å².